The predicted octanol–water partition coefficient (Wildman–Crippen LogP) is 2.69. The molecule has 3 aromatic heterocycles. The van der Waals surface area contributed by atoms with Crippen molar-refractivity contribution in [3.05, 3.63) is 46.9 Å². The molecule has 0 aliphatic heterocycles. The number of carbonyl (C=O) groups is 1. The first-order chi connectivity index (χ1) is 9.58. The van der Waals surface area contributed by atoms with E-state index in [0.717, 1.165) is 16.5 Å². The van der Waals surface area contributed by atoms with Gasteiger partial charge in [-0.1, -0.05) is 11.6 Å². The van der Waals surface area contributed by atoms with Gasteiger partial charge in [0.1, 0.15) is 5.65 Å². The van der Waals surface area contributed by atoms with Gasteiger partial charge in [-0.3, -0.25) is 9.78 Å². The third-order valence-corrected chi connectivity index (χ3v) is 3.54. The van der Waals surface area contributed by atoms with Crippen molar-refractivity contribution < 1.29 is 4.79 Å². The molecule has 0 aliphatic carbocycles. The summed E-state index contributed by atoms with van der Waals surface area (Å²) in [5.74, 6) is -0.472. The second-order valence-corrected chi connectivity index (χ2v) is 4.86. The molecule has 0 aliphatic rings. The van der Waals surface area contributed by atoms with Crippen molar-refractivity contribution in [3.8, 4) is 11.3 Å². The molecule has 6 heteroatoms. The first-order valence-electron chi connectivity index (χ1n) is 5.96. The molecule has 0 fully saturated rings. The maximum atomic E-state index is 11.4. The van der Waals surface area contributed by atoms with Gasteiger partial charge < -0.3 is 10.7 Å². The van der Waals surface area contributed by atoms with Crippen LogP contribution < -0.4 is 5.73 Å². The number of hydrogen-bond donors (Lipinski definition) is 2. The molecule has 0 spiro atoms. The molecule has 3 aromatic rings. The van der Waals surface area contributed by atoms with Crippen molar-refractivity contribution in [2.24, 2.45) is 5.73 Å². The number of nitrogens with zero attached hydrogens (tertiary/aromatic N) is 2. The number of nitrogens with one attached hydrogen (secondary N) is 1. The Balaban J connectivity index is 2.22. The van der Waals surface area contributed by atoms with E-state index in [-0.39, 0.29) is 0 Å². The largest absolute Gasteiger partial charge is 0.366 e. The van der Waals surface area contributed by atoms with Crippen molar-refractivity contribution >= 4 is 28.5 Å². The topological polar surface area (TPSA) is 84.7 Å². The van der Waals surface area contributed by atoms with Crippen LogP contribution in [0.3, 0.4) is 0 Å². The van der Waals surface area contributed by atoms with Crippen LogP contribution in [0.2, 0.25) is 5.02 Å². The molecule has 0 atom stereocenters. The summed E-state index contributed by atoms with van der Waals surface area (Å²) >= 11 is 6.09. The Labute approximate surface area is 119 Å². The summed E-state index contributed by atoms with van der Waals surface area (Å²) in [6, 6.07) is 3.50. The van der Waals surface area contributed by atoms with Gasteiger partial charge in [0.25, 0.3) is 0 Å². The Morgan fingerprint density at radius 3 is 2.95 bits per heavy atom. The van der Waals surface area contributed by atoms with Gasteiger partial charge in [-0.25, -0.2) is 4.98 Å². The highest BCUT2D eigenvalue weighted by atomic mass is 35.5. The van der Waals surface area contributed by atoms with Crippen LogP contribution in [0, 0.1) is 6.92 Å². The number of fused-ring (bicyclic) bond motifs is 1. The van der Waals surface area contributed by atoms with Crippen molar-refractivity contribution in [2.75, 3.05) is 0 Å². The minimum absolute atomic E-state index is 0.454. The summed E-state index contributed by atoms with van der Waals surface area (Å²) in [4.78, 5) is 23.0. The Morgan fingerprint density at radius 2 is 2.20 bits per heavy atom. The van der Waals surface area contributed by atoms with Gasteiger partial charge in [0.05, 0.1) is 10.7 Å². The average molecular weight is 287 g/mol. The molecule has 0 unspecified atom stereocenters. The summed E-state index contributed by atoms with van der Waals surface area (Å²) in [5, 5.41) is 1.41. The molecule has 20 heavy (non-hydrogen) atoms. The number of pyridine rings is 2. The highest BCUT2D eigenvalue weighted by molar-refractivity contribution is 6.35. The number of amides is 1. The van der Waals surface area contributed by atoms with Crippen LogP contribution in [0.25, 0.3) is 22.3 Å². The van der Waals surface area contributed by atoms with E-state index < -0.39 is 5.91 Å². The van der Waals surface area contributed by atoms with Crippen LogP contribution in [-0.4, -0.2) is 20.9 Å². The number of carbonyl (C=O) groups excluding carboxylic acids is 1. The molecule has 0 radical (unpaired) electrons. The van der Waals surface area contributed by atoms with Gasteiger partial charge in [-0.15, -0.1) is 0 Å². The number of H-pyrrole nitrogens is 1. The highest BCUT2D eigenvalue weighted by Crippen LogP contribution is 2.28. The molecule has 3 rings (SSSR count). The standard InChI is InChI=1S/C14H11ClN4O/c1-7-9(13(16)20)2-3-17-12(7)8-4-10-11(15)6-19-14(10)18-5-8/h2-6H,1H3,(H2,16,20)(H,18,19). The van der Waals surface area contributed by atoms with Crippen LogP contribution in [-0.2, 0) is 0 Å². The second kappa shape index (κ2) is 4.61. The molecule has 0 saturated carbocycles. The fraction of sp³-hybridized carbons (Fsp3) is 0.0714. The van der Waals surface area contributed by atoms with E-state index in [0.29, 0.717) is 21.9 Å². The van der Waals surface area contributed by atoms with Crippen LogP contribution in [0.1, 0.15) is 15.9 Å². The van der Waals surface area contributed by atoms with Crippen molar-refractivity contribution in [3.63, 3.8) is 0 Å². The average Bonchev–Trinajstić information content (AvgIpc) is 2.80. The number of primary amides is 1. The van der Waals surface area contributed by atoms with Gasteiger partial charge in [0.15, 0.2) is 0 Å². The molecular formula is C14H11ClN4O. The summed E-state index contributed by atoms with van der Waals surface area (Å²) < 4.78 is 0. The zero-order valence-electron chi connectivity index (χ0n) is 10.6. The van der Waals surface area contributed by atoms with Crippen LogP contribution in [0.4, 0.5) is 0 Å². The van der Waals surface area contributed by atoms with E-state index in [9.17, 15) is 4.79 Å². The third-order valence-electron chi connectivity index (χ3n) is 3.22. The normalized spacial score (nSPS) is 10.9. The number of rotatable bonds is 2. The lowest BCUT2D eigenvalue weighted by Gasteiger charge is -2.08. The molecular weight excluding hydrogens is 276 g/mol. The third kappa shape index (κ3) is 1.92. The van der Waals surface area contributed by atoms with Gasteiger partial charge in [0.2, 0.25) is 5.91 Å². The number of hydrogen-bond acceptors (Lipinski definition) is 3. The van der Waals surface area contributed by atoms with Crippen LogP contribution in [0.15, 0.2) is 30.7 Å². The smallest absolute Gasteiger partial charge is 0.249 e. The van der Waals surface area contributed by atoms with Gasteiger partial charge in [0, 0.05) is 35.1 Å². The molecule has 5 nitrogen and oxygen atoms in total. The summed E-state index contributed by atoms with van der Waals surface area (Å²) in [6.45, 7) is 1.81. The molecule has 0 saturated heterocycles. The maximum absolute atomic E-state index is 11.4. The van der Waals surface area contributed by atoms with E-state index in [1.807, 2.05) is 13.0 Å². The lowest BCUT2D eigenvalue weighted by Crippen LogP contribution is -2.13. The number of aromatic nitrogens is 3. The molecule has 3 N–H and O–H groups in total. The van der Waals surface area contributed by atoms with E-state index in [1.54, 1.807) is 24.7 Å². The molecule has 0 bridgehead atoms. The number of aromatic amines is 1. The first kappa shape index (κ1) is 12.6. The Hall–Kier alpha value is -2.40. The van der Waals surface area contributed by atoms with E-state index in [4.69, 9.17) is 17.3 Å². The van der Waals surface area contributed by atoms with Gasteiger partial charge in [-0.05, 0) is 24.6 Å². The predicted molar refractivity (Wildman–Crippen MR) is 77.6 cm³/mol. The fourth-order valence-corrected chi connectivity index (χ4v) is 2.39. The van der Waals surface area contributed by atoms with E-state index >= 15 is 0 Å². The summed E-state index contributed by atoms with van der Waals surface area (Å²) in [6.07, 6.45) is 4.93. The van der Waals surface area contributed by atoms with E-state index in [1.165, 1.54) is 0 Å². The quantitative estimate of drug-likeness (QED) is 0.759. The van der Waals surface area contributed by atoms with Crippen LogP contribution >= 0.6 is 11.6 Å². The Kier molecular flexibility index (Phi) is 2.91. The lowest BCUT2D eigenvalue weighted by atomic mass is 10.0. The zero-order chi connectivity index (χ0) is 14.3. The maximum Gasteiger partial charge on any atom is 0.249 e. The summed E-state index contributed by atoms with van der Waals surface area (Å²) in [5.41, 5.74) is 8.71. The molecule has 1 amide bonds. The van der Waals surface area contributed by atoms with Crippen LogP contribution in [0.5, 0.6) is 0 Å². The first-order valence-corrected chi connectivity index (χ1v) is 6.34. The van der Waals surface area contributed by atoms with E-state index in [2.05, 4.69) is 15.0 Å². The second-order valence-electron chi connectivity index (χ2n) is 4.45. The Bertz CT molecular complexity index is 825. The molecule has 100 valence electrons. The van der Waals surface area contributed by atoms with Gasteiger partial charge >= 0.3 is 0 Å². The number of nitrogens with two attached hydrogens (primary N) is 1. The highest BCUT2D eigenvalue weighted by Gasteiger charge is 2.13. The fourth-order valence-electron chi connectivity index (χ4n) is 2.19. The monoisotopic (exact) mass is 286 g/mol. The van der Waals surface area contributed by atoms with Crippen molar-refractivity contribution in [1.29, 1.82) is 0 Å². The van der Waals surface area contributed by atoms with Gasteiger partial charge in [-0.2, -0.15) is 0 Å². The minimum Gasteiger partial charge on any atom is -0.366 e. The van der Waals surface area contributed by atoms with Crippen molar-refractivity contribution in [2.45, 2.75) is 6.92 Å². The Morgan fingerprint density at radius 1 is 1.40 bits per heavy atom. The zero-order valence-corrected chi connectivity index (χ0v) is 11.4. The summed E-state index contributed by atoms with van der Waals surface area (Å²) in [7, 11) is 0. The minimum atomic E-state index is -0.472. The molecule has 3 heterocycles. The lowest BCUT2D eigenvalue weighted by molar-refractivity contribution is 0.0999. The SMILES string of the molecule is Cc1c(C(N)=O)ccnc1-c1cnc2[nH]cc(Cl)c2c1. The van der Waals surface area contributed by atoms with Crippen molar-refractivity contribution in [1.82, 2.24) is 15.0 Å². The number of halogens is 1. The molecule has 0 aromatic carbocycles.